The Balaban J connectivity index is 1.88. The number of benzene rings is 1. The molecule has 106 valence electrons. The van der Waals surface area contributed by atoms with E-state index in [0.29, 0.717) is 6.04 Å². The van der Waals surface area contributed by atoms with Gasteiger partial charge in [0, 0.05) is 28.7 Å². The molecule has 2 aromatic rings. The Morgan fingerprint density at radius 3 is 2.95 bits per heavy atom. The third kappa shape index (κ3) is 2.27. The van der Waals surface area contributed by atoms with Crippen LogP contribution in [0.3, 0.4) is 0 Å². The van der Waals surface area contributed by atoms with Crippen LogP contribution >= 0.6 is 0 Å². The molecule has 2 atom stereocenters. The Hall–Kier alpha value is -1.61. The van der Waals surface area contributed by atoms with Gasteiger partial charge in [0.05, 0.1) is 6.04 Å². The fourth-order valence-corrected chi connectivity index (χ4v) is 3.35. The van der Waals surface area contributed by atoms with Crippen LogP contribution in [0.1, 0.15) is 43.5 Å². The first kappa shape index (κ1) is 13.4. The molecule has 0 bridgehead atoms. The highest BCUT2D eigenvalue weighted by Crippen LogP contribution is 2.24. The molecule has 1 aliphatic heterocycles. The molecule has 1 aromatic heterocycles. The number of carbonyl (C=O) groups excluding carboxylic acids is 1. The maximum absolute atomic E-state index is 12.8. The molecule has 1 aliphatic rings. The van der Waals surface area contributed by atoms with Crippen LogP contribution in [-0.4, -0.2) is 34.3 Å². The largest absolute Gasteiger partial charge is 0.360 e. The number of hydrogen-bond donors (Lipinski definition) is 1. The van der Waals surface area contributed by atoms with Gasteiger partial charge in [-0.2, -0.15) is 0 Å². The predicted molar refractivity (Wildman–Crippen MR) is 82.1 cm³/mol. The average Bonchev–Trinajstić information content (AvgIpc) is 2.90. The van der Waals surface area contributed by atoms with Gasteiger partial charge in [-0.25, -0.2) is 0 Å². The minimum absolute atomic E-state index is 0.0375. The van der Waals surface area contributed by atoms with Gasteiger partial charge in [-0.1, -0.05) is 24.6 Å². The number of likely N-dealkylation sites (tertiary alicyclic amines) is 1. The Kier molecular flexibility index (Phi) is 3.62. The molecule has 1 aromatic carbocycles. The number of rotatable bonds is 3. The third-order valence-corrected chi connectivity index (χ3v) is 4.59. The SMILES string of the molecule is CC1CCCCN1C(C)C(=O)c1c[nH]c2ccccc12. The molecule has 0 spiro atoms. The van der Waals surface area contributed by atoms with Gasteiger partial charge in [-0.05, 0) is 39.3 Å². The number of nitrogens with one attached hydrogen (secondary N) is 1. The number of carbonyl (C=O) groups is 1. The second-order valence-corrected chi connectivity index (χ2v) is 5.87. The summed E-state index contributed by atoms with van der Waals surface area (Å²) in [7, 11) is 0. The summed E-state index contributed by atoms with van der Waals surface area (Å²) < 4.78 is 0. The number of aromatic nitrogens is 1. The predicted octanol–water partition coefficient (Wildman–Crippen LogP) is 3.61. The molecule has 0 radical (unpaired) electrons. The quantitative estimate of drug-likeness (QED) is 0.865. The molecule has 0 amide bonds. The molecule has 3 rings (SSSR count). The lowest BCUT2D eigenvalue weighted by atomic mass is 9.97. The Morgan fingerprint density at radius 2 is 2.15 bits per heavy atom. The number of fused-ring (bicyclic) bond motifs is 1. The number of Topliss-reactive ketones (excluding diaryl/α,β-unsaturated/α-hetero) is 1. The molecule has 1 saturated heterocycles. The summed E-state index contributed by atoms with van der Waals surface area (Å²) in [5.74, 6) is 0.233. The summed E-state index contributed by atoms with van der Waals surface area (Å²) in [6, 6.07) is 8.48. The van der Waals surface area contributed by atoms with E-state index in [-0.39, 0.29) is 11.8 Å². The molecule has 1 N–H and O–H groups in total. The van der Waals surface area contributed by atoms with Gasteiger partial charge in [0.25, 0.3) is 0 Å². The second kappa shape index (κ2) is 5.41. The molecule has 3 heteroatoms. The van der Waals surface area contributed by atoms with Gasteiger partial charge >= 0.3 is 0 Å². The second-order valence-electron chi connectivity index (χ2n) is 5.87. The van der Waals surface area contributed by atoms with Gasteiger partial charge in [0.1, 0.15) is 0 Å². The van der Waals surface area contributed by atoms with Crippen molar-refractivity contribution >= 4 is 16.7 Å². The number of ketones is 1. The maximum Gasteiger partial charge on any atom is 0.181 e. The Bertz CT molecular complexity index is 616. The monoisotopic (exact) mass is 270 g/mol. The van der Waals surface area contributed by atoms with Crippen LogP contribution in [0, 0.1) is 0 Å². The van der Waals surface area contributed by atoms with Crippen LogP contribution in [0.4, 0.5) is 0 Å². The van der Waals surface area contributed by atoms with Gasteiger partial charge in [-0.15, -0.1) is 0 Å². The van der Waals surface area contributed by atoms with Crippen LogP contribution in [0.2, 0.25) is 0 Å². The minimum atomic E-state index is -0.0375. The fraction of sp³-hybridized carbons (Fsp3) is 0.471. The highest BCUT2D eigenvalue weighted by molar-refractivity contribution is 6.10. The number of para-hydroxylation sites is 1. The number of piperidine rings is 1. The molecule has 20 heavy (non-hydrogen) atoms. The van der Waals surface area contributed by atoms with E-state index in [2.05, 4.69) is 16.8 Å². The van der Waals surface area contributed by atoms with Crippen LogP contribution in [0.5, 0.6) is 0 Å². The normalized spacial score (nSPS) is 22.0. The van der Waals surface area contributed by atoms with Crippen LogP contribution < -0.4 is 0 Å². The summed E-state index contributed by atoms with van der Waals surface area (Å²) >= 11 is 0. The highest BCUT2D eigenvalue weighted by atomic mass is 16.1. The summed E-state index contributed by atoms with van der Waals surface area (Å²) in [4.78, 5) is 18.4. The Morgan fingerprint density at radius 1 is 1.35 bits per heavy atom. The van der Waals surface area contributed by atoms with Crippen molar-refractivity contribution in [2.24, 2.45) is 0 Å². The van der Waals surface area contributed by atoms with Crippen molar-refractivity contribution in [3.8, 4) is 0 Å². The van der Waals surface area contributed by atoms with Crippen molar-refractivity contribution in [2.75, 3.05) is 6.54 Å². The summed E-state index contributed by atoms with van der Waals surface area (Å²) in [6.45, 7) is 5.32. The summed E-state index contributed by atoms with van der Waals surface area (Å²) in [5, 5.41) is 1.04. The molecular formula is C17H22N2O. The first-order valence-electron chi connectivity index (χ1n) is 7.54. The lowest BCUT2D eigenvalue weighted by Crippen LogP contribution is -2.47. The highest BCUT2D eigenvalue weighted by Gasteiger charge is 2.29. The van der Waals surface area contributed by atoms with Crippen molar-refractivity contribution in [3.05, 3.63) is 36.0 Å². The number of hydrogen-bond acceptors (Lipinski definition) is 2. The Labute approximate surface area is 120 Å². The summed E-state index contributed by atoms with van der Waals surface area (Å²) in [5.41, 5.74) is 1.86. The fourth-order valence-electron chi connectivity index (χ4n) is 3.35. The molecule has 1 fully saturated rings. The van der Waals surface area contributed by atoms with Crippen molar-refractivity contribution < 1.29 is 4.79 Å². The van der Waals surface area contributed by atoms with E-state index in [1.807, 2.05) is 37.4 Å². The van der Waals surface area contributed by atoms with Gasteiger partial charge < -0.3 is 4.98 Å². The average molecular weight is 270 g/mol. The molecule has 2 heterocycles. The number of H-pyrrole nitrogens is 1. The zero-order valence-corrected chi connectivity index (χ0v) is 12.2. The van der Waals surface area contributed by atoms with E-state index in [1.165, 1.54) is 19.3 Å². The number of aromatic amines is 1. The van der Waals surface area contributed by atoms with E-state index in [9.17, 15) is 4.79 Å². The first-order chi connectivity index (χ1) is 9.68. The zero-order chi connectivity index (χ0) is 14.1. The van der Waals surface area contributed by atoms with E-state index < -0.39 is 0 Å². The minimum Gasteiger partial charge on any atom is -0.360 e. The standard InChI is InChI=1S/C17H22N2O/c1-12-7-5-6-10-19(12)13(2)17(20)15-11-18-16-9-4-3-8-14(15)16/h3-4,8-9,11-13,18H,5-7,10H2,1-2H3. The van der Waals surface area contributed by atoms with Gasteiger partial charge in [-0.3, -0.25) is 9.69 Å². The number of nitrogens with zero attached hydrogens (tertiary/aromatic N) is 1. The van der Waals surface area contributed by atoms with Crippen molar-refractivity contribution in [3.63, 3.8) is 0 Å². The molecule has 2 unspecified atom stereocenters. The van der Waals surface area contributed by atoms with Crippen molar-refractivity contribution in [1.82, 2.24) is 9.88 Å². The molecule has 0 aliphatic carbocycles. The van der Waals surface area contributed by atoms with Crippen molar-refractivity contribution in [2.45, 2.75) is 45.2 Å². The zero-order valence-electron chi connectivity index (χ0n) is 12.2. The van der Waals surface area contributed by atoms with Crippen LogP contribution in [-0.2, 0) is 0 Å². The first-order valence-corrected chi connectivity index (χ1v) is 7.54. The van der Waals surface area contributed by atoms with Crippen LogP contribution in [0.15, 0.2) is 30.5 Å². The smallest absolute Gasteiger partial charge is 0.181 e. The van der Waals surface area contributed by atoms with E-state index in [0.717, 1.165) is 23.0 Å². The summed E-state index contributed by atoms with van der Waals surface area (Å²) in [6.07, 6.45) is 5.55. The molecule has 3 nitrogen and oxygen atoms in total. The van der Waals surface area contributed by atoms with E-state index >= 15 is 0 Å². The maximum atomic E-state index is 12.8. The van der Waals surface area contributed by atoms with E-state index in [4.69, 9.17) is 0 Å². The molecular weight excluding hydrogens is 248 g/mol. The third-order valence-electron chi connectivity index (χ3n) is 4.59. The van der Waals surface area contributed by atoms with Gasteiger partial charge in [0.2, 0.25) is 0 Å². The lowest BCUT2D eigenvalue weighted by molar-refractivity contribution is 0.0703. The van der Waals surface area contributed by atoms with Crippen LogP contribution in [0.25, 0.3) is 10.9 Å². The molecule has 0 saturated carbocycles. The van der Waals surface area contributed by atoms with Crippen molar-refractivity contribution in [1.29, 1.82) is 0 Å². The topological polar surface area (TPSA) is 36.1 Å². The van der Waals surface area contributed by atoms with Gasteiger partial charge in [0.15, 0.2) is 5.78 Å². The van der Waals surface area contributed by atoms with E-state index in [1.54, 1.807) is 0 Å². The lowest BCUT2D eigenvalue weighted by Gasteiger charge is -2.37.